The van der Waals surface area contributed by atoms with Gasteiger partial charge in [0.05, 0.1) is 0 Å². The van der Waals surface area contributed by atoms with E-state index in [0.29, 0.717) is 22.1 Å². The molecule has 0 aliphatic carbocycles. The first-order valence-electron chi connectivity index (χ1n) is 6.01. The molecule has 1 aromatic rings. The van der Waals surface area contributed by atoms with Crippen molar-refractivity contribution >= 4 is 28.9 Å². The number of halogens is 2. The van der Waals surface area contributed by atoms with Crippen molar-refractivity contribution in [1.82, 2.24) is 4.90 Å². The molecule has 0 spiro atoms. The molecule has 1 atom stereocenters. The topological polar surface area (TPSA) is 15.3 Å². The maximum atomic E-state index is 5.98. The van der Waals surface area contributed by atoms with Crippen LogP contribution in [-0.2, 0) is 0 Å². The van der Waals surface area contributed by atoms with E-state index < -0.39 is 0 Å². The first-order chi connectivity index (χ1) is 8.04. The molecule has 0 aromatic heterocycles. The molecule has 1 unspecified atom stereocenters. The summed E-state index contributed by atoms with van der Waals surface area (Å²) >= 11 is 12.0. The fraction of sp³-hybridized carbons (Fsp3) is 0.538. The van der Waals surface area contributed by atoms with Crippen LogP contribution in [0.25, 0.3) is 0 Å². The molecule has 1 aromatic carbocycles. The Kier molecular flexibility index (Phi) is 4.18. The number of hydrogen-bond donors (Lipinski definition) is 1. The Hall–Kier alpha value is -0.440. The van der Waals surface area contributed by atoms with Gasteiger partial charge in [0.15, 0.2) is 0 Å². The molecule has 2 nitrogen and oxygen atoms in total. The van der Waals surface area contributed by atoms with Crippen molar-refractivity contribution in [3.8, 4) is 0 Å². The first kappa shape index (κ1) is 13.0. The predicted molar refractivity (Wildman–Crippen MR) is 75.2 cm³/mol. The van der Waals surface area contributed by atoms with Crippen LogP contribution in [0.15, 0.2) is 18.2 Å². The minimum absolute atomic E-state index is 0.493. The molecular weight excluding hydrogens is 255 g/mol. The molecule has 0 bridgehead atoms. The van der Waals surface area contributed by atoms with Crippen LogP contribution in [0, 0.1) is 0 Å². The van der Waals surface area contributed by atoms with Crippen LogP contribution in [0.4, 0.5) is 5.69 Å². The largest absolute Gasteiger partial charge is 0.381 e. The van der Waals surface area contributed by atoms with Gasteiger partial charge in [-0.05, 0) is 38.5 Å². The molecule has 2 rings (SSSR count). The number of nitrogens with zero attached hydrogens (tertiary/aromatic N) is 1. The van der Waals surface area contributed by atoms with Crippen molar-refractivity contribution in [3.63, 3.8) is 0 Å². The Morgan fingerprint density at radius 3 is 2.41 bits per heavy atom. The van der Waals surface area contributed by atoms with Gasteiger partial charge in [-0.15, -0.1) is 0 Å². The quantitative estimate of drug-likeness (QED) is 0.898. The minimum atomic E-state index is 0.493. The molecular formula is C13H18Cl2N2. The van der Waals surface area contributed by atoms with E-state index in [0.717, 1.165) is 18.8 Å². The third-order valence-corrected chi connectivity index (χ3v) is 3.62. The normalized spacial score (nSPS) is 21.1. The molecule has 17 heavy (non-hydrogen) atoms. The smallest absolute Gasteiger partial charge is 0.0441 e. The zero-order valence-corrected chi connectivity index (χ0v) is 11.7. The van der Waals surface area contributed by atoms with Crippen LogP contribution in [0.3, 0.4) is 0 Å². The lowest BCUT2D eigenvalue weighted by Crippen LogP contribution is -2.31. The second-order valence-corrected chi connectivity index (χ2v) is 5.75. The second kappa shape index (κ2) is 5.47. The third-order valence-electron chi connectivity index (χ3n) is 3.18. The van der Waals surface area contributed by atoms with Crippen molar-refractivity contribution < 1.29 is 0 Å². The van der Waals surface area contributed by atoms with Gasteiger partial charge in [-0.1, -0.05) is 23.2 Å². The molecule has 1 N–H and O–H groups in total. The fourth-order valence-corrected chi connectivity index (χ4v) is 2.77. The first-order valence-corrected chi connectivity index (χ1v) is 6.77. The molecule has 0 saturated carbocycles. The summed E-state index contributed by atoms with van der Waals surface area (Å²) in [6.07, 6.45) is 1.17. The molecule has 1 heterocycles. The summed E-state index contributed by atoms with van der Waals surface area (Å²) in [6.45, 7) is 6.71. The summed E-state index contributed by atoms with van der Waals surface area (Å²) in [7, 11) is 0. The van der Waals surface area contributed by atoms with E-state index in [-0.39, 0.29) is 0 Å². The highest BCUT2D eigenvalue weighted by Gasteiger charge is 2.23. The van der Waals surface area contributed by atoms with Gasteiger partial charge in [0.1, 0.15) is 0 Å². The van der Waals surface area contributed by atoms with E-state index in [4.69, 9.17) is 23.2 Å². The van der Waals surface area contributed by atoms with Crippen molar-refractivity contribution in [2.45, 2.75) is 32.4 Å². The van der Waals surface area contributed by atoms with Crippen molar-refractivity contribution in [2.24, 2.45) is 0 Å². The zero-order chi connectivity index (χ0) is 12.4. The molecule has 1 aliphatic rings. The van der Waals surface area contributed by atoms with Crippen LogP contribution >= 0.6 is 23.2 Å². The molecule has 1 aliphatic heterocycles. The highest BCUT2D eigenvalue weighted by molar-refractivity contribution is 6.35. The van der Waals surface area contributed by atoms with E-state index in [1.54, 1.807) is 6.07 Å². The summed E-state index contributed by atoms with van der Waals surface area (Å²) in [5.74, 6) is 0. The highest BCUT2D eigenvalue weighted by atomic mass is 35.5. The van der Waals surface area contributed by atoms with Gasteiger partial charge in [0.2, 0.25) is 0 Å². The summed E-state index contributed by atoms with van der Waals surface area (Å²) in [6, 6.07) is 6.71. The summed E-state index contributed by atoms with van der Waals surface area (Å²) in [5, 5.41) is 4.86. The number of likely N-dealkylation sites (tertiary alicyclic amines) is 1. The number of benzene rings is 1. The van der Waals surface area contributed by atoms with Crippen molar-refractivity contribution in [1.29, 1.82) is 0 Å². The molecule has 1 fully saturated rings. The average molecular weight is 273 g/mol. The number of rotatable bonds is 3. The maximum absolute atomic E-state index is 5.98. The summed E-state index contributed by atoms with van der Waals surface area (Å²) in [5.41, 5.74) is 1.01. The lowest BCUT2D eigenvalue weighted by Gasteiger charge is -2.21. The monoisotopic (exact) mass is 272 g/mol. The van der Waals surface area contributed by atoms with Crippen LogP contribution in [0.2, 0.25) is 10.0 Å². The van der Waals surface area contributed by atoms with Gasteiger partial charge in [0, 0.05) is 40.9 Å². The summed E-state index contributed by atoms with van der Waals surface area (Å²) in [4.78, 5) is 2.48. The molecule has 1 saturated heterocycles. The van der Waals surface area contributed by atoms with Gasteiger partial charge in [-0.25, -0.2) is 0 Å². The van der Waals surface area contributed by atoms with Crippen LogP contribution in [-0.4, -0.2) is 30.1 Å². The van der Waals surface area contributed by atoms with E-state index in [2.05, 4.69) is 24.1 Å². The van der Waals surface area contributed by atoms with E-state index in [9.17, 15) is 0 Å². The third kappa shape index (κ3) is 3.51. The molecule has 4 heteroatoms. The Morgan fingerprint density at radius 2 is 1.88 bits per heavy atom. The van der Waals surface area contributed by atoms with Gasteiger partial charge >= 0.3 is 0 Å². The zero-order valence-electron chi connectivity index (χ0n) is 10.2. The van der Waals surface area contributed by atoms with Crippen molar-refractivity contribution in [2.75, 3.05) is 18.4 Å². The Morgan fingerprint density at radius 1 is 1.24 bits per heavy atom. The van der Waals surface area contributed by atoms with Gasteiger partial charge in [0.25, 0.3) is 0 Å². The van der Waals surface area contributed by atoms with E-state index >= 15 is 0 Å². The lowest BCUT2D eigenvalue weighted by molar-refractivity contribution is 0.274. The maximum Gasteiger partial charge on any atom is 0.0441 e. The molecule has 94 valence electrons. The minimum Gasteiger partial charge on any atom is -0.381 e. The lowest BCUT2D eigenvalue weighted by atomic mass is 10.2. The molecule has 0 amide bonds. The fourth-order valence-electron chi connectivity index (χ4n) is 2.25. The SMILES string of the molecule is CC(C)N1CCC(Nc2cc(Cl)cc(Cl)c2)C1. The highest BCUT2D eigenvalue weighted by Crippen LogP contribution is 2.24. The summed E-state index contributed by atoms with van der Waals surface area (Å²) < 4.78 is 0. The van der Waals surface area contributed by atoms with Crippen LogP contribution in [0.5, 0.6) is 0 Å². The predicted octanol–water partition coefficient (Wildman–Crippen LogP) is 3.89. The number of anilines is 1. The van der Waals surface area contributed by atoms with Gasteiger partial charge in [-0.3, -0.25) is 4.90 Å². The van der Waals surface area contributed by atoms with E-state index in [1.165, 1.54) is 6.42 Å². The second-order valence-electron chi connectivity index (χ2n) is 4.88. The Labute approximate surface area is 113 Å². The average Bonchev–Trinajstić information content (AvgIpc) is 2.64. The standard InChI is InChI=1S/C13H18Cl2N2/c1-9(2)17-4-3-12(8-17)16-13-6-10(14)5-11(15)7-13/h5-7,9,12,16H,3-4,8H2,1-2H3. The van der Waals surface area contributed by atoms with E-state index in [1.807, 2.05) is 12.1 Å². The Bertz CT molecular complexity index is 373. The molecule has 0 radical (unpaired) electrons. The van der Waals surface area contributed by atoms with Gasteiger partial charge < -0.3 is 5.32 Å². The van der Waals surface area contributed by atoms with Crippen molar-refractivity contribution in [3.05, 3.63) is 28.2 Å². The number of nitrogens with one attached hydrogen (secondary N) is 1. The van der Waals surface area contributed by atoms with Crippen LogP contribution in [0.1, 0.15) is 20.3 Å². The number of hydrogen-bond acceptors (Lipinski definition) is 2. The van der Waals surface area contributed by atoms with Gasteiger partial charge in [-0.2, -0.15) is 0 Å². The van der Waals surface area contributed by atoms with Crippen LogP contribution < -0.4 is 5.32 Å². The Balaban J connectivity index is 1.98.